The molecule has 0 fully saturated rings. The predicted octanol–water partition coefficient (Wildman–Crippen LogP) is 1.98. The molecule has 4 heteroatoms. The van der Waals surface area contributed by atoms with Gasteiger partial charge in [-0.05, 0) is 25.8 Å². The first-order valence-corrected chi connectivity index (χ1v) is 7.15. The van der Waals surface area contributed by atoms with Crippen LogP contribution in [0.2, 0.25) is 0 Å². The van der Waals surface area contributed by atoms with Crippen LogP contribution in [0.15, 0.2) is 42.7 Å². The van der Waals surface area contributed by atoms with Crippen LogP contribution in [-0.4, -0.2) is 27.0 Å². The van der Waals surface area contributed by atoms with Crippen LogP contribution >= 0.6 is 0 Å². The number of hydrogen-bond donors (Lipinski definition) is 2. The lowest BCUT2D eigenvalue weighted by Gasteiger charge is -2.20. The summed E-state index contributed by atoms with van der Waals surface area (Å²) in [7, 11) is 0. The SMILES string of the molecule is CCn1cc(CNC(C)C(O)Cc2ccccc2)cn1. The number of hydrogen-bond acceptors (Lipinski definition) is 3. The number of rotatable bonds is 7. The Kier molecular flexibility index (Phi) is 5.32. The molecule has 108 valence electrons. The van der Waals surface area contributed by atoms with Gasteiger partial charge in [0.15, 0.2) is 0 Å². The Morgan fingerprint density at radius 2 is 2.00 bits per heavy atom. The second-order valence-electron chi connectivity index (χ2n) is 5.13. The number of aliphatic hydroxyl groups is 1. The number of aliphatic hydroxyl groups excluding tert-OH is 1. The van der Waals surface area contributed by atoms with Crippen LogP contribution in [0.5, 0.6) is 0 Å². The van der Waals surface area contributed by atoms with Crippen molar-refractivity contribution in [2.75, 3.05) is 0 Å². The van der Waals surface area contributed by atoms with Crippen LogP contribution in [0, 0.1) is 0 Å². The van der Waals surface area contributed by atoms with Crippen molar-refractivity contribution < 1.29 is 5.11 Å². The van der Waals surface area contributed by atoms with Gasteiger partial charge in [0.1, 0.15) is 0 Å². The third-order valence-electron chi connectivity index (χ3n) is 3.50. The standard InChI is InChI=1S/C16H23N3O/c1-3-19-12-15(11-18-19)10-17-13(2)16(20)9-14-7-5-4-6-8-14/h4-8,11-13,16-17,20H,3,9-10H2,1-2H3. The van der Waals surface area contributed by atoms with Gasteiger partial charge in [-0.3, -0.25) is 4.68 Å². The summed E-state index contributed by atoms with van der Waals surface area (Å²) in [6, 6.07) is 10.1. The topological polar surface area (TPSA) is 50.1 Å². The fourth-order valence-electron chi connectivity index (χ4n) is 2.12. The fraction of sp³-hybridized carbons (Fsp3) is 0.438. The van der Waals surface area contributed by atoms with E-state index in [2.05, 4.69) is 17.3 Å². The van der Waals surface area contributed by atoms with Gasteiger partial charge in [0.05, 0.1) is 12.3 Å². The molecule has 0 saturated heterocycles. The van der Waals surface area contributed by atoms with Crippen molar-refractivity contribution in [1.29, 1.82) is 0 Å². The lowest BCUT2D eigenvalue weighted by molar-refractivity contribution is 0.134. The maximum atomic E-state index is 10.2. The normalized spacial score (nSPS) is 14.2. The highest BCUT2D eigenvalue weighted by Gasteiger charge is 2.14. The molecule has 20 heavy (non-hydrogen) atoms. The molecule has 0 saturated carbocycles. The van der Waals surface area contributed by atoms with Gasteiger partial charge >= 0.3 is 0 Å². The average molecular weight is 273 g/mol. The molecule has 1 aromatic carbocycles. The Hall–Kier alpha value is -1.65. The minimum atomic E-state index is -0.390. The van der Waals surface area contributed by atoms with E-state index in [0.717, 1.165) is 24.2 Å². The van der Waals surface area contributed by atoms with E-state index >= 15 is 0 Å². The minimum absolute atomic E-state index is 0.0418. The van der Waals surface area contributed by atoms with Gasteiger partial charge in [-0.2, -0.15) is 5.10 Å². The molecule has 0 amide bonds. The zero-order valence-corrected chi connectivity index (χ0v) is 12.2. The van der Waals surface area contributed by atoms with Crippen molar-refractivity contribution in [3.63, 3.8) is 0 Å². The summed E-state index contributed by atoms with van der Waals surface area (Å²) in [5, 5.41) is 17.8. The molecular formula is C16H23N3O. The summed E-state index contributed by atoms with van der Waals surface area (Å²) in [4.78, 5) is 0. The molecule has 2 rings (SSSR count). The predicted molar refractivity (Wildman–Crippen MR) is 80.4 cm³/mol. The van der Waals surface area contributed by atoms with E-state index in [0.29, 0.717) is 6.42 Å². The molecule has 0 aliphatic rings. The number of aromatic nitrogens is 2. The average Bonchev–Trinajstić information content (AvgIpc) is 2.93. The number of nitrogens with one attached hydrogen (secondary N) is 1. The summed E-state index contributed by atoms with van der Waals surface area (Å²) >= 11 is 0. The first kappa shape index (κ1) is 14.8. The van der Waals surface area contributed by atoms with Gasteiger partial charge < -0.3 is 10.4 Å². The molecule has 0 aliphatic heterocycles. The van der Waals surface area contributed by atoms with Crippen molar-refractivity contribution in [3.8, 4) is 0 Å². The molecule has 1 aromatic heterocycles. The summed E-state index contributed by atoms with van der Waals surface area (Å²) in [5.41, 5.74) is 2.30. The Morgan fingerprint density at radius 1 is 1.25 bits per heavy atom. The van der Waals surface area contributed by atoms with Crippen molar-refractivity contribution >= 4 is 0 Å². The molecule has 2 unspecified atom stereocenters. The second kappa shape index (κ2) is 7.22. The molecule has 4 nitrogen and oxygen atoms in total. The van der Waals surface area contributed by atoms with Crippen LogP contribution in [0.4, 0.5) is 0 Å². The van der Waals surface area contributed by atoms with E-state index in [1.165, 1.54) is 0 Å². The molecule has 2 aromatic rings. The van der Waals surface area contributed by atoms with E-state index in [4.69, 9.17) is 0 Å². The second-order valence-corrected chi connectivity index (χ2v) is 5.13. The lowest BCUT2D eigenvalue weighted by Crippen LogP contribution is -2.38. The number of benzene rings is 1. The first-order valence-electron chi connectivity index (χ1n) is 7.15. The van der Waals surface area contributed by atoms with Gasteiger partial charge in [0, 0.05) is 30.9 Å². The zero-order valence-electron chi connectivity index (χ0n) is 12.2. The van der Waals surface area contributed by atoms with Crippen molar-refractivity contribution in [1.82, 2.24) is 15.1 Å². The number of aryl methyl sites for hydroxylation is 1. The molecule has 0 radical (unpaired) electrons. The van der Waals surface area contributed by atoms with Crippen LogP contribution in [-0.2, 0) is 19.5 Å². The van der Waals surface area contributed by atoms with E-state index < -0.39 is 6.10 Å². The van der Waals surface area contributed by atoms with Crippen LogP contribution in [0.1, 0.15) is 25.0 Å². The largest absolute Gasteiger partial charge is 0.391 e. The van der Waals surface area contributed by atoms with Crippen molar-refractivity contribution in [3.05, 3.63) is 53.9 Å². The van der Waals surface area contributed by atoms with E-state index in [1.807, 2.05) is 54.3 Å². The minimum Gasteiger partial charge on any atom is -0.391 e. The summed E-state index contributed by atoms with van der Waals surface area (Å²) in [5.74, 6) is 0. The third kappa shape index (κ3) is 4.18. The lowest BCUT2D eigenvalue weighted by atomic mass is 10.0. The monoisotopic (exact) mass is 273 g/mol. The van der Waals surface area contributed by atoms with Gasteiger partial charge in [-0.15, -0.1) is 0 Å². The highest BCUT2D eigenvalue weighted by molar-refractivity contribution is 5.15. The smallest absolute Gasteiger partial charge is 0.0730 e. The van der Waals surface area contributed by atoms with E-state index in [1.54, 1.807) is 0 Å². The van der Waals surface area contributed by atoms with Gasteiger partial charge in [-0.25, -0.2) is 0 Å². The van der Waals surface area contributed by atoms with Gasteiger partial charge in [-0.1, -0.05) is 30.3 Å². The van der Waals surface area contributed by atoms with Crippen LogP contribution < -0.4 is 5.32 Å². The van der Waals surface area contributed by atoms with E-state index in [9.17, 15) is 5.11 Å². The fourth-order valence-corrected chi connectivity index (χ4v) is 2.12. The van der Waals surface area contributed by atoms with E-state index in [-0.39, 0.29) is 6.04 Å². The number of nitrogens with zero attached hydrogens (tertiary/aromatic N) is 2. The molecule has 2 N–H and O–H groups in total. The summed E-state index contributed by atoms with van der Waals surface area (Å²) in [6.45, 7) is 5.69. The third-order valence-corrected chi connectivity index (χ3v) is 3.50. The summed E-state index contributed by atoms with van der Waals surface area (Å²) < 4.78 is 1.90. The molecule has 0 spiro atoms. The quantitative estimate of drug-likeness (QED) is 0.811. The molecule has 0 aliphatic carbocycles. The highest BCUT2D eigenvalue weighted by atomic mass is 16.3. The highest BCUT2D eigenvalue weighted by Crippen LogP contribution is 2.07. The Morgan fingerprint density at radius 3 is 2.65 bits per heavy atom. The van der Waals surface area contributed by atoms with Gasteiger partial charge in [0.2, 0.25) is 0 Å². The molecular weight excluding hydrogens is 250 g/mol. The first-order chi connectivity index (χ1) is 9.69. The maximum Gasteiger partial charge on any atom is 0.0730 e. The Bertz CT molecular complexity index is 509. The van der Waals surface area contributed by atoms with Crippen LogP contribution in [0.3, 0.4) is 0 Å². The van der Waals surface area contributed by atoms with Gasteiger partial charge in [0.25, 0.3) is 0 Å². The zero-order chi connectivity index (χ0) is 14.4. The Labute approximate surface area is 120 Å². The van der Waals surface area contributed by atoms with Crippen LogP contribution in [0.25, 0.3) is 0 Å². The van der Waals surface area contributed by atoms with Crippen molar-refractivity contribution in [2.24, 2.45) is 0 Å². The molecule has 2 atom stereocenters. The molecule has 1 heterocycles. The Balaban J connectivity index is 1.80. The summed E-state index contributed by atoms with van der Waals surface area (Å²) in [6.07, 6.45) is 4.18. The maximum absolute atomic E-state index is 10.2. The molecule has 0 bridgehead atoms. The van der Waals surface area contributed by atoms with Crippen molar-refractivity contribution in [2.45, 2.75) is 45.5 Å².